The van der Waals surface area contributed by atoms with Crippen molar-refractivity contribution < 1.29 is 13.2 Å². The maximum atomic E-state index is 12.3. The van der Waals surface area contributed by atoms with Crippen LogP contribution in [0.15, 0.2) is 58.3 Å². The van der Waals surface area contributed by atoms with E-state index in [1.165, 1.54) is 17.0 Å². The second-order valence-electron chi connectivity index (χ2n) is 4.85. The zero-order chi connectivity index (χ0) is 17.0. The Morgan fingerprint density at radius 3 is 2.35 bits per heavy atom. The number of hydrogen-bond acceptors (Lipinski definition) is 4. The number of thioether (sulfide) groups is 1. The van der Waals surface area contributed by atoms with Crippen molar-refractivity contribution in [1.82, 2.24) is 4.90 Å². The zero-order valence-corrected chi connectivity index (χ0v) is 14.9. The van der Waals surface area contributed by atoms with Gasteiger partial charge < -0.3 is 4.90 Å². The van der Waals surface area contributed by atoms with Crippen LogP contribution in [0.1, 0.15) is 0 Å². The summed E-state index contributed by atoms with van der Waals surface area (Å²) in [5, 5.41) is 0.249. The topological polar surface area (TPSA) is 66.5 Å². The maximum Gasteiger partial charge on any atom is 0.285 e. The number of carbonyl (C=O) groups excluding carboxylic acids is 1. The average molecular weight is 371 g/mol. The summed E-state index contributed by atoms with van der Waals surface area (Å²) in [6, 6.07) is 12.6. The van der Waals surface area contributed by atoms with Gasteiger partial charge in [0.15, 0.2) is 0 Å². The lowest BCUT2D eigenvalue weighted by molar-refractivity contribution is 0.241. The summed E-state index contributed by atoms with van der Waals surface area (Å²) in [5.74, 6) is 0. The number of rotatable bonds is 4. The molecule has 0 aliphatic carbocycles. The minimum Gasteiger partial charge on any atom is -0.339 e. The highest BCUT2D eigenvalue weighted by molar-refractivity contribution is 8.13. The average Bonchev–Trinajstić information content (AvgIpc) is 2.49. The van der Waals surface area contributed by atoms with Gasteiger partial charge in [0.1, 0.15) is 0 Å². The van der Waals surface area contributed by atoms with E-state index in [4.69, 9.17) is 11.6 Å². The van der Waals surface area contributed by atoms with Gasteiger partial charge >= 0.3 is 0 Å². The van der Waals surface area contributed by atoms with Crippen molar-refractivity contribution in [3.63, 3.8) is 0 Å². The van der Waals surface area contributed by atoms with E-state index < -0.39 is 10.0 Å². The zero-order valence-electron chi connectivity index (χ0n) is 12.5. The molecule has 0 radical (unpaired) electrons. The largest absolute Gasteiger partial charge is 0.339 e. The minimum atomic E-state index is -3.70. The molecule has 0 bridgehead atoms. The number of sulfonamides is 1. The van der Waals surface area contributed by atoms with E-state index in [0.29, 0.717) is 10.7 Å². The Kier molecular flexibility index (Phi) is 5.56. The second kappa shape index (κ2) is 7.25. The molecule has 0 spiro atoms. The lowest BCUT2D eigenvalue weighted by Crippen LogP contribution is -2.16. The number of benzene rings is 2. The summed E-state index contributed by atoms with van der Waals surface area (Å²) >= 11 is 6.89. The molecule has 2 aromatic carbocycles. The minimum absolute atomic E-state index is 0.0891. The van der Waals surface area contributed by atoms with Gasteiger partial charge in [0.2, 0.25) is 0 Å². The van der Waals surface area contributed by atoms with E-state index in [2.05, 4.69) is 4.72 Å². The van der Waals surface area contributed by atoms with Crippen LogP contribution in [0.4, 0.5) is 10.5 Å². The molecule has 2 aromatic rings. The standard InChI is InChI=1S/C15H15ClN2O3S2/c1-18(2)15(19)22-13-8-6-12(7-9-13)17-23(20,21)14-5-3-4-11(16)10-14/h3-10,17H,1-2H3. The highest BCUT2D eigenvalue weighted by Gasteiger charge is 2.14. The van der Waals surface area contributed by atoms with E-state index in [-0.39, 0.29) is 10.1 Å². The van der Waals surface area contributed by atoms with Crippen molar-refractivity contribution in [2.24, 2.45) is 0 Å². The smallest absolute Gasteiger partial charge is 0.285 e. The molecule has 2 rings (SSSR count). The fraction of sp³-hybridized carbons (Fsp3) is 0.133. The number of halogens is 1. The number of anilines is 1. The number of nitrogens with zero attached hydrogens (tertiary/aromatic N) is 1. The van der Waals surface area contributed by atoms with Crippen molar-refractivity contribution in [2.45, 2.75) is 9.79 Å². The first kappa shape index (κ1) is 17.7. The molecule has 0 aliphatic heterocycles. The first-order valence-corrected chi connectivity index (χ1v) is 9.23. The third-order valence-corrected chi connectivity index (χ3v) is 5.44. The van der Waals surface area contributed by atoms with Crippen molar-refractivity contribution in [3.8, 4) is 0 Å². The number of amides is 1. The SMILES string of the molecule is CN(C)C(=O)Sc1ccc(NS(=O)(=O)c2cccc(Cl)c2)cc1. The molecule has 0 heterocycles. The van der Waals surface area contributed by atoms with Crippen LogP contribution in [0.25, 0.3) is 0 Å². The maximum absolute atomic E-state index is 12.3. The van der Waals surface area contributed by atoms with Crippen molar-refractivity contribution in [2.75, 3.05) is 18.8 Å². The Balaban J connectivity index is 2.13. The predicted molar refractivity (Wildman–Crippen MR) is 93.6 cm³/mol. The molecule has 5 nitrogen and oxygen atoms in total. The molecule has 1 N–H and O–H groups in total. The van der Waals surface area contributed by atoms with Crippen LogP contribution in [-0.2, 0) is 10.0 Å². The number of hydrogen-bond donors (Lipinski definition) is 1. The van der Waals surface area contributed by atoms with Gasteiger partial charge in [-0.05, 0) is 54.2 Å². The summed E-state index contributed by atoms with van der Waals surface area (Å²) in [4.78, 5) is 13.9. The van der Waals surface area contributed by atoms with Crippen LogP contribution in [-0.4, -0.2) is 32.7 Å². The highest BCUT2D eigenvalue weighted by atomic mass is 35.5. The Labute approximate surface area is 144 Å². The van der Waals surface area contributed by atoms with Crippen LogP contribution in [0, 0.1) is 0 Å². The second-order valence-corrected chi connectivity index (χ2v) is 7.99. The van der Waals surface area contributed by atoms with E-state index >= 15 is 0 Å². The third-order valence-electron chi connectivity index (χ3n) is 2.78. The molecule has 0 fully saturated rings. The summed E-state index contributed by atoms with van der Waals surface area (Å²) in [5.41, 5.74) is 0.409. The van der Waals surface area contributed by atoms with Crippen molar-refractivity contribution in [3.05, 3.63) is 53.6 Å². The molecule has 0 saturated carbocycles. The summed E-state index contributed by atoms with van der Waals surface area (Å²) in [7, 11) is -0.363. The van der Waals surface area contributed by atoms with Crippen molar-refractivity contribution in [1.29, 1.82) is 0 Å². The molecule has 122 valence electrons. The fourth-order valence-electron chi connectivity index (χ4n) is 1.63. The van der Waals surface area contributed by atoms with Crippen LogP contribution in [0.5, 0.6) is 0 Å². The Hall–Kier alpha value is -1.70. The van der Waals surface area contributed by atoms with Gasteiger partial charge in [0.25, 0.3) is 15.3 Å². The van der Waals surface area contributed by atoms with Gasteiger partial charge in [-0.2, -0.15) is 0 Å². The van der Waals surface area contributed by atoms with E-state index in [1.807, 2.05) is 0 Å². The molecular weight excluding hydrogens is 356 g/mol. The summed E-state index contributed by atoms with van der Waals surface area (Å²) < 4.78 is 27.0. The Bertz CT molecular complexity index is 806. The van der Waals surface area contributed by atoms with Gasteiger partial charge in [-0.1, -0.05) is 17.7 Å². The van der Waals surface area contributed by atoms with E-state index in [9.17, 15) is 13.2 Å². The quantitative estimate of drug-likeness (QED) is 0.828. The molecule has 8 heteroatoms. The van der Waals surface area contributed by atoms with Crippen molar-refractivity contribution >= 4 is 44.3 Å². The molecular formula is C15H15ClN2O3S2. The first-order valence-electron chi connectivity index (χ1n) is 6.55. The van der Waals surface area contributed by atoms with Crippen LogP contribution < -0.4 is 4.72 Å². The third kappa shape index (κ3) is 4.89. The fourth-order valence-corrected chi connectivity index (χ4v) is 3.65. The predicted octanol–water partition coefficient (Wildman–Crippen LogP) is 3.91. The van der Waals surface area contributed by atoms with Gasteiger partial charge in [-0.3, -0.25) is 9.52 Å². The van der Waals surface area contributed by atoms with Crippen LogP contribution >= 0.6 is 23.4 Å². The summed E-state index contributed by atoms with van der Waals surface area (Å²) in [6.45, 7) is 0. The summed E-state index contributed by atoms with van der Waals surface area (Å²) in [6.07, 6.45) is 0. The van der Waals surface area contributed by atoms with Gasteiger partial charge in [0, 0.05) is 29.7 Å². The molecule has 0 unspecified atom stereocenters. The van der Waals surface area contributed by atoms with Gasteiger partial charge in [-0.25, -0.2) is 8.42 Å². The lowest BCUT2D eigenvalue weighted by Gasteiger charge is -2.10. The first-order chi connectivity index (χ1) is 10.8. The van der Waals surface area contributed by atoms with Gasteiger partial charge in [0.05, 0.1) is 4.90 Å². The lowest BCUT2D eigenvalue weighted by atomic mass is 10.3. The molecule has 0 atom stereocenters. The molecule has 23 heavy (non-hydrogen) atoms. The molecule has 0 aromatic heterocycles. The molecule has 1 amide bonds. The van der Waals surface area contributed by atoms with E-state index in [1.54, 1.807) is 50.5 Å². The number of carbonyl (C=O) groups is 1. The monoisotopic (exact) mass is 370 g/mol. The van der Waals surface area contributed by atoms with Gasteiger partial charge in [-0.15, -0.1) is 0 Å². The molecule has 0 aliphatic rings. The molecule has 0 saturated heterocycles. The van der Waals surface area contributed by atoms with E-state index in [0.717, 1.165) is 16.7 Å². The highest BCUT2D eigenvalue weighted by Crippen LogP contribution is 2.24. The number of nitrogens with one attached hydrogen (secondary N) is 1. The Morgan fingerprint density at radius 2 is 1.78 bits per heavy atom. The van der Waals surface area contributed by atoms with Crippen LogP contribution in [0.2, 0.25) is 5.02 Å². The van der Waals surface area contributed by atoms with Crippen LogP contribution in [0.3, 0.4) is 0 Å². The normalized spacial score (nSPS) is 11.1. The Morgan fingerprint density at radius 1 is 1.13 bits per heavy atom.